The summed E-state index contributed by atoms with van der Waals surface area (Å²) in [5.41, 5.74) is 6.43. The lowest BCUT2D eigenvalue weighted by Crippen LogP contribution is -2.23. The number of fused-ring (bicyclic) bond motifs is 2. The Morgan fingerprint density at radius 1 is 1.09 bits per heavy atom. The van der Waals surface area contributed by atoms with E-state index in [0.717, 1.165) is 43.7 Å². The van der Waals surface area contributed by atoms with Crippen LogP contribution in [0.25, 0.3) is 16.7 Å². The number of nitrogens with zero attached hydrogens (tertiary/aromatic N) is 4. The molecule has 0 atom stereocenters. The van der Waals surface area contributed by atoms with Crippen molar-refractivity contribution in [2.24, 2.45) is 0 Å². The second-order valence-corrected chi connectivity index (χ2v) is 10.5. The van der Waals surface area contributed by atoms with Gasteiger partial charge in [0, 0.05) is 18.4 Å². The average molecular weight is 455 g/mol. The van der Waals surface area contributed by atoms with Crippen molar-refractivity contribution in [1.82, 2.24) is 24.6 Å². The number of rotatable bonds is 4. The first-order valence-electron chi connectivity index (χ1n) is 12.1. The summed E-state index contributed by atoms with van der Waals surface area (Å²) in [6, 6.07) is 15.0. The van der Waals surface area contributed by atoms with Crippen LogP contribution in [-0.2, 0) is 18.4 Å². The van der Waals surface area contributed by atoms with Gasteiger partial charge in [0.05, 0.1) is 11.7 Å². The zero-order valence-corrected chi connectivity index (χ0v) is 19.9. The van der Waals surface area contributed by atoms with E-state index in [9.17, 15) is 4.79 Å². The molecule has 2 aromatic carbocycles. The summed E-state index contributed by atoms with van der Waals surface area (Å²) in [6.07, 6.45) is 4.73. The normalized spacial score (nSPS) is 16.0. The molecule has 34 heavy (non-hydrogen) atoms. The molecule has 7 heteroatoms. The van der Waals surface area contributed by atoms with E-state index < -0.39 is 0 Å². The van der Waals surface area contributed by atoms with Crippen LogP contribution in [0.4, 0.5) is 11.6 Å². The summed E-state index contributed by atoms with van der Waals surface area (Å²) in [4.78, 5) is 22.7. The van der Waals surface area contributed by atoms with Crippen molar-refractivity contribution in [3.8, 4) is 5.69 Å². The molecule has 174 valence electrons. The van der Waals surface area contributed by atoms with E-state index in [1.54, 1.807) is 6.20 Å². The van der Waals surface area contributed by atoms with E-state index in [0.29, 0.717) is 17.0 Å². The van der Waals surface area contributed by atoms with Gasteiger partial charge in [0.1, 0.15) is 5.39 Å². The van der Waals surface area contributed by atoms with Gasteiger partial charge in [0.15, 0.2) is 5.65 Å². The molecule has 0 unspecified atom stereocenters. The molecule has 6 rings (SSSR count). The molecule has 1 aliphatic heterocycles. The minimum absolute atomic E-state index is 0.00662. The molecule has 1 aliphatic carbocycles. The first kappa shape index (κ1) is 21.1. The van der Waals surface area contributed by atoms with E-state index >= 15 is 0 Å². The average Bonchev–Trinajstić information content (AvgIpc) is 3.62. The van der Waals surface area contributed by atoms with Gasteiger partial charge in [-0.15, -0.1) is 0 Å². The van der Waals surface area contributed by atoms with Crippen molar-refractivity contribution in [2.45, 2.75) is 58.0 Å². The molecule has 2 aromatic heterocycles. The summed E-state index contributed by atoms with van der Waals surface area (Å²) in [6.45, 7) is 8.49. The molecule has 0 spiro atoms. The maximum atomic E-state index is 13.4. The number of benzene rings is 2. The monoisotopic (exact) mass is 454 g/mol. The molecular weight excluding hydrogens is 424 g/mol. The van der Waals surface area contributed by atoms with Gasteiger partial charge in [0.25, 0.3) is 5.56 Å². The van der Waals surface area contributed by atoms with Crippen molar-refractivity contribution >= 4 is 22.7 Å². The van der Waals surface area contributed by atoms with Crippen molar-refractivity contribution in [3.63, 3.8) is 0 Å². The number of anilines is 2. The number of hydrogen-bond acceptors (Lipinski definition) is 5. The zero-order valence-electron chi connectivity index (χ0n) is 19.9. The second kappa shape index (κ2) is 7.81. The fraction of sp³-hybridized carbons (Fsp3) is 0.370. The first-order valence-corrected chi connectivity index (χ1v) is 12.1. The van der Waals surface area contributed by atoms with Crippen LogP contribution in [0.15, 0.2) is 53.5 Å². The highest BCUT2D eigenvalue weighted by Gasteiger charge is 2.31. The third-order valence-electron chi connectivity index (χ3n) is 6.82. The molecule has 0 amide bonds. The van der Waals surface area contributed by atoms with Crippen molar-refractivity contribution in [3.05, 3.63) is 75.7 Å². The quantitative estimate of drug-likeness (QED) is 0.471. The maximum Gasteiger partial charge on any atom is 0.278 e. The smallest absolute Gasteiger partial charge is 0.278 e. The van der Waals surface area contributed by atoms with Gasteiger partial charge in [-0.3, -0.25) is 4.79 Å². The third-order valence-corrected chi connectivity index (χ3v) is 6.82. The summed E-state index contributed by atoms with van der Waals surface area (Å²) >= 11 is 0. The van der Waals surface area contributed by atoms with Gasteiger partial charge in [-0.1, -0.05) is 39.0 Å². The molecule has 7 nitrogen and oxygen atoms in total. The van der Waals surface area contributed by atoms with Crippen LogP contribution in [0.1, 0.15) is 56.3 Å². The Labute approximate surface area is 198 Å². The van der Waals surface area contributed by atoms with Crippen LogP contribution in [0.2, 0.25) is 0 Å². The topological polar surface area (TPSA) is 76.8 Å². The van der Waals surface area contributed by atoms with Gasteiger partial charge in [0.2, 0.25) is 5.95 Å². The Kier molecular flexibility index (Phi) is 4.85. The van der Waals surface area contributed by atoms with E-state index in [1.807, 2.05) is 9.36 Å². The van der Waals surface area contributed by atoms with E-state index in [4.69, 9.17) is 4.98 Å². The fourth-order valence-electron chi connectivity index (χ4n) is 4.75. The number of nitrogens with one attached hydrogen (secondary N) is 2. The maximum absolute atomic E-state index is 13.4. The van der Waals surface area contributed by atoms with Crippen molar-refractivity contribution < 1.29 is 0 Å². The fourth-order valence-corrected chi connectivity index (χ4v) is 4.75. The third kappa shape index (κ3) is 3.70. The van der Waals surface area contributed by atoms with Gasteiger partial charge >= 0.3 is 0 Å². The highest BCUT2D eigenvalue weighted by Crippen LogP contribution is 2.36. The second-order valence-electron chi connectivity index (χ2n) is 10.5. The number of aromatic nitrogens is 4. The van der Waals surface area contributed by atoms with Crippen LogP contribution in [0, 0.1) is 0 Å². The Morgan fingerprint density at radius 3 is 2.74 bits per heavy atom. The zero-order chi connectivity index (χ0) is 23.4. The first-order chi connectivity index (χ1) is 16.4. The molecule has 4 aromatic rings. The van der Waals surface area contributed by atoms with Crippen molar-refractivity contribution in [1.29, 1.82) is 0 Å². The van der Waals surface area contributed by atoms with E-state index in [-0.39, 0.29) is 17.0 Å². The lowest BCUT2D eigenvalue weighted by Gasteiger charge is -2.21. The Bertz CT molecular complexity index is 1450. The number of hydrogen-bond donors (Lipinski definition) is 2. The van der Waals surface area contributed by atoms with E-state index in [2.05, 4.69) is 78.9 Å². The molecular formula is C27H30N6O. The molecule has 0 bridgehead atoms. The molecule has 1 fully saturated rings. The lowest BCUT2D eigenvalue weighted by molar-refractivity contribution is 0.555. The standard InChI is InChI=1S/C27H30N6O/c1-27(2,3)19-5-4-6-22(14-19)32-24-23(25(34)33(32)21-9-10-21)16-29-26(31-24)30-20-8-7-17-11-12-28-15-18(17)13-20/h4-8,13-14,16,21,28H,9-12,15H2,1-3H3,(H,29,30,31). The van der Waals surface area contributed by atoms with Gasteiger partial charge in [-0.25, -0.2) is 14.3 Å². The molecule has 1 saturated carbocycles. The van der Waals surface area contributed by atoms with Crippen LogP contribution in [0.3, 0.4) is 0 Å². The molecule has 0 saturated heterocycles. The highest BCUT2D eigenvalue weighted by molar-refractivity contribution is 5.77. The summed E-state index contributed by atoms with van der Waals surface area (Å²) < 4.78 is 3.86. The largest absolute Gasteiger partial charge is 0.324 e. The van der Waals surface area contributed by atoms with Crippen LogP contribution >= 0.6 is 0 Å². The summed E-state index contributed by atoms with van der Waals surface area (Å²) in [5, 5.41) is 7.33. The minimum atomic E-state index is -0.0231. The van der Waals surface area contributed by atoms with Gasteiger partial charge in [-0.2, -0.15) is 4.98 Å². The molecule has 0 radical (unpaired) electrons. The summed E-state index contributed by atoms with van der Waals surface area (Å²) in [5.74, 6) is 0.491. The molecule has 2 aliphatic rings. The van der Waals surface area contributed by atoms with Crippen molar-refractivity contribution in [2.75, 3.05) is 11.9 Å². The Morgan fingerprint density at radius 2 is 1.94 bits per heavy atom. The van der Waals surface area contributed by atoms with E-state index in [1.165, 1.54) is 16.7 Å². The molecule has 2 N–H and O–H groups in total. The minimum Gasteiger partial charge on any atom is -0.324 e. The predicted octanol–water partition coefficient (Wildman–Crippen LogP) is 4.60. The predicted molar refractivity (Wildman–Crippen MR) is 135 cm³/mol. The van der Waals surface area contributed by atoms with Gasteiger partial charge in [-0.05, 0) is 72.2 Å². The summed E-state index contributed by atoms with van der Waals surface area (Å²) in [7, 11) is 0. The highest BCUT2D eigenvalue weighted by atomic mass is 16.1. The lowest BCUT2D eigenvalue weighted by atomic mass is 9.87. The molecule has 3 heterocycles. The van der Waals surface area contributed by atoms with Gasteiger partial charge < -0.3 is 10.6 Å². The van der Waals surface area contributed by atoms with Crippen LogP contribution < -0.4 is 16.2 Å². The SMILES string of the molecule is CC(C)(C)c1cccc(-n2c3nc(Nc4ccc5c(c4)CNCC5)ncc3c(=O)n2C2CC2)c1. The van der Waals surface area contributed by atoms with Crippen LogP contribution in [0.5, 0.6) is 0 Å². The van der Waals surface area contributed by atoms with Crippen LogP contribution in [-0.4, -0.2) is 25.9 Å². The Balaban J connectivity index is 1.46. The Hall–Kier alpha value is -3.45.